The van der Waals surface area contributed by atoms with Gasteiger partial charge in [0.05, 0.1) is 0 Å². The maximum Gasteiger partial charge on any atom is 0.127 e. The van der Waals surface area contributed by atoms with E-state index in [0.717, 1.165) is 17.9 Å². The Morgan fingerprint density at radius 2 is 2.13 bits per heavy atom. The lowest BCUT2D eigenvalue weighted by molar-refractivity contribution is 0.476. The third-order valence-corrected chi connectivity index (χ3v) is 3.21. The summed E-state index contributed by atoms with van der Waals surface area (Å²) >= 11 is 0. The van der Waals surface area contributed by atoms with Crippen molar-refractivity contribution in [2.45, 2.75) is 38.8 Å². The van der Waals surface area contributed by atoms with E-state index in [1.807, 2.05) is 12.1 Å². The van der Waals surface area contributed by atoms with E-state index in [0.29, 0.717) is 6.04 Å². The Hall–Kier alpha value is -0.890. The van der Waals surface area contributed by atoms with Crippen LogP contribution in [0.1, 0.15) is 38.3 Å². The first-order valence-corrected chi connectivity index (χ1v) is 5.72. The highest BCUT2D eigenvalue weighted by Gasteiger charge is 2.34. The predicted molar refractivity (Wildman–Crippen MR) is 60.1 cm³/mol. The average molecular weight is 207 g/mol. The Balaban J connectivity index is 2.08. The first kappa shape index (κ1) is 10.6. The molecule has 0 aromatic heterocycles. The lowest BCUT2D eigenvalue weighted by Gasteiger charge is -2.17. The van der Waals surface area contributed by atoms with Crippen LogP contribution in [0.25, 0.3) is 0 Å². The summed E-state index contributed by atoms with van der Waals surface area (Å²) in [5, 5.41) is 3.51. The number of benzene rings is 1. The SMILES string of the molecule is CCC(NC1CC1C)c1ccccc1F. The Kier molecular flexibility index (Phi) is 3.06. The molecule has 0 heterocycles. The van der Waals surface area contributed by atoms with Gasteiger partial charge in [-0.25, -0.2) is 4.39 Å². The third kappa shape index (κ3) is 2.37. The van der Waals surface area contributed by atoms with Gasteiger partial charge in [-0.05, 0) is 24.8 Å². The highest BCUT2D eigenvalue weighted by molar-refractivity contribution is 5.21. The molecule has 0 bridgehead atoms. The molecule has 2 rings (SSSR count). The van der Waals surface area contributed by atoms with Crippen molar-refractivity contribution in [1.29, 1.82) is 0 Å². The summed E-state index contributed by atoms with van der Waals surface area (Å²) in [4.78, 5) is 0. The van der Waals surface area contributed by atoms with Crippen LogP contribution in [-0.2, 0) is 0 Å². The lowest BCUT2D eigenvalue weighted by atomic mass is 10.0. The molecule has 1 aliphatic carbocycles. The van der Waals surface area contributed by atoms with Crippen LogP contribution in [0.4, 0.5) is 4.39 Å². The molecular formula is C13H18FN. The molecule has 1 fully saturated rings. The van der Waals surface area contributed by atoms with Gasteiger partial charge in [0.25, 0.3) is 0 Å². The van der Waals surface area contributed by atoms with E-state index in [1.54, 1.807) is 6.07 Å². The number of hydrogen-bond acceptors (Lipinski definition) is 1. The maximum absolute atomic E-state index is 13.6. The van der Waals surface area contributed by atoms with Crippen LogP contribution in [0, 0.1) is 11.7 Å². The predicted octanol–water partition coefficient (Wildman–Crippen LogP) is 3.27. The van der Waals surface area contributed by atoms with Gasteiger partial charge in [0, 0.05) is 17.6 Å². The third-order valence-electron chi connectivity index (χ3n) is 3.21. The van der Waals surface area contributed by atoms with E-state index in [2.05, 4.69) is 19.2 Å². The van der Waals surface area contributed by atoms with Crippen molar-refractivity contribution in [3.05, 3.63) is 35.6 Å². The molecule has 1 aromatic carbocycles. The summed E-state index contributed by atoms with van der Waals surface area (Å²) in [7, 11) is 0. The van der Waals surface area contributed by atoms with E-state index < -0.39 is 0 Å². The molecule has 3 atom stereocenters. The fraction of sp³-hybridized carbons (Fsp3) is 0.538. The number of rotatable bonds is 4. The second kappa shape index (κ2) is 4.31. The van der Waals surface area contributed by atoms with Crippen molar-refractivity contribution in [3.8, 4) is 0 Å². The van der Waals surface area contributed by atoms with Crippen LogP contribution >= 0.6 is 0 Å². The maximum atomic E-state index is 13.6. The quantitative estimate of drug-likeness (QED) is 0.799. The molecule has 0 spiro atoms. The molecule has 0 saturated heterocycles. The van der Waals surface area contributed by atoms with Crippen LogP contribution in [0.2, 0.25) is 0 Å². The van der Waals surface area contributed by atoms with Crippen molar-refractivity contribution in [3.63, 3.8) is 0 Å². The van der Waals surface area contributed by atoms with Gasteiger partial charge >= 0.3 is 0 Å². The molecule has 1 aliphatic rings. The number of halogens is 1. The first-order valence-electron chi connectivity index (χ1n) is 5.72. The molecule has 15 heavy (non-hydrogen) atoms. The van der Waals surface area contributed by atoms with Crippen molar-refractivity contribution < 1.29 is 4.39 Å². The highest BCUT2D eigenvalue weighted by Crippen LogP contribution is 2.33. The minimum atomic E-state index is -0.0925. The first-order chi connectivity index (χ1) is 7.22. The van der Waals surface area contributed by atoms with Gasteiger partial charge in [-0.15, -0.1) is 0 Å². The number of nitrogens with one attached hydrogen (secondary N) is 1. The second-order valence-electron chi connectivity index (χ2n) is 4.47. The van der Waals surface area contributed by atoms with Gasteiger partial charge in [-0.1, -0.05) is 32.0 Å². The molecule has 1 nitrogen and oxygen atoms in total. The Morgan fingerprint density at radius 3 is 2.67 bits per heavy atom. The minimum Gasteiger partial charge on any atom is -0.307 e. The molecule has 1 N–H and O–H groups in total. The van der Waals surface area contributed by atoms with Gasteiger partial charge < -0.3 is 5.32 Å². The summed E-state index contributed by atoms with van der Waals surface area (Å²) in [6.45, 7) is 4.32. The largest absolute Gasteiger partial charge is 0.307 e. The number of hydrogen-bond donors (Lipinski definition) is 1. The lowest BCUT2D eigenvalue weighted by Crippen LogP contribution is -2.24. The molecule has 3 unspecified atom stereocenters. The van der Waals surface area contributed by atoms with Gasteiger partial charge in [0.15, 0.2) is 0 Å². The van der Waals surface area contributed by atoms with Crippen LogP contribution < -0.4 is 5.32 Å². The Bertz CT molecular complexity index is 337. The van der Waals surface area contributed by atoms with Gasteiger partial charge in [-0.2, -0.15) is 0 Å². The smallest absolute Gasteiger partial charge is 0.127 e. The standard InChI is InChI=1S/C13H18FN/c1-3-12(15-13-8-9(13)2)10-6-4-5-7-11(10)14/h4-7,9,12-13,15H,3,8H2,1-2H3. The second-order valence-corrected chi connectivity index (χ2v) is 4.47. The molecular weight excluding hydrogens is 189 g/mol. The van der Waals surface area contributed by atoms with Gasteiger partial charge in [-0.3, -0.25) is 0 Å². The average Bonchev–Trinajstić information content (AvgIpc) is 2.92. The zero-order valence-electron chi connectivity index (χ0n) is 9.33. The molecule has 2 heteroatoms. The van der Waals surface area contributed by atoms with Crippen LogP contribution in [-0.4, -0.2) is 6.04 Å². The molecule has 1 saturated carbocycles. The van der Waals surface area contributed by atoms with E-state index >= 15 is 0 Å². The van der Waals surface area contributed by atoms with E-state index in [-0.39, 0.29) is 11.9 Å². The fourth-order valence-corrected chi connectivity index (χ4v) is 2.00. The Labute approximate surface area is 90.7 Å². The summed E-state index contributed by atoms with van der Waals surface area (Å²) in [6.07, 6.45) is 2.16. The van der Waals surface area contributed by atoms with Crippen molar-refractivity contribution in [1.82, 2.24) is 5.32 Å². The molecule has 0 amide bonds. The van der Waals surface area contributed by atoms with Crippen molar-refractivity contribution in [2.24, 2.45) is 5.92 Å². The van der Waals surface area contributed by atoms with Crippen LogP contribution in [0.15, 0.2) is 24.3 Å². The Morgan fingerprint density at radius 1 is 1.47 bits per heavy atom. The monoisotopic (exact) mass is 207 g/mol. The molecule has 0 aliphatic heterocycles. The summed E-state index contributed by atoms with van der Waals surface area (Å²) in [5.74, 6) is 0.663. The van der Waals surface area contributed by atoms with Crippen LogP contribution in [0.5, 0.6) is 0 Å². The molecule has 1 aromatic rings. The highest BCUT2D eigenvalue weighted by atomic mass is 19.1. The normalized spacial score (nSPS) is 26.3. The molecule has 82 valence electrons. The summed E-state index contributed by atoms with van der Waals surface area (Å²) in [5.41, 5.74) is 0.805. The van der Waals surface area contributed by atoms with E-state index in [9.17, 15) is 4.39 Å². The fourth-order valence-electron chi connectivity index (χ4n) is 2.00. The molecule has 0 radical (unpaired) electrons. The van der Waals surface area contributed by atoms with Crippen molar-refractivity contribution in [2.75, 3.05) is 0 Å². The van der Waals surface area contributed by atoms with Gasteiger partial charge in [0.1, 0.15) is 5.82 Å². The topological polar surface area (TPSA) is 12.0 Å². The van der Waals surface area contributed by atoms with E-state index in [1.165, 1.54) is 12.5 Å². The minimum absolute atomic E-state index is 0.0925. The van der Waals surface area contributed by atoms with Crippen LogP contribution in [0.3, 0.4) is 0 Å². The summed E-state index contributed by atoms with van der Waals surface area (Å²) in [6, 6.07) is 7.82. The summed E-state index contributed by atoms with van der Waals surface area (Å²) < 4.78 is 13.6. The van der Waals surface area contributed by atoms with Gasteiger partial charge in [0.2, 0.25) is 0 Å². The zero-order chi connectivity index (χ0) is 10.8. The van der Waals surface area contributed by atoms with E-state index in [4.69, 9.17) is 0 Å². The van der Waals surface area contributed by atoms with Crippen molar-refractivity contribution >= 4 is 0 Å². The zero-order valence-corrected chi connectivity index (χ0v) is 9.33.